The van der Waals surface area contributed by atoms with E-state index in [4.69, 9.17) is 4.74 Å². The Labute approximate surface area is 210 Å². The SMILES string of the molecule is CC(=O)c1ccc(NC(=O)C(C)OC(=O)c2ccc(NS(=O)(=O)c3ccc4[nH]c(=O)[nH]c4c3)cc2)cc1. The van der Waals surface area contributed by atoms with Crippen LogP contribution in [0.3, 0.4) is 0 Å². The van der Waals surface area contributed by atoms with Crippen molar-refractivity contribution < 1.29 is 27.5 Å². The van der Waals surface area contributed by atoms with Gasteiger partial charge >= 0.3 is 11.7 Å². The third kappa shape index (κ3) is 5.93. The molecule has 190 valence electrons. The van der Waals surface area contributed by atoms with Crippen molar-refractivity contribution in [3.05, 3.63) is 88.3 Å². The number of amides is 1. The number of imidazole rings is 1. The van der Waals surface area contributed by atoms with E-state index >= 15 is 0 Å². The Morgan fingerprint density at radius 3 is 2.08 bits per heavy atom. The van der Waals surface area contributed by atoms with Crippen LogP contribution < -0.4 is 15.7 Å². The Balaban J connectivity index is 1.37. The molecule has 0 aliphatic rings. The van der Waals surface area contributed by atoms with Crippen LogP contribution >= 0.6 is 0 Å². The fourth-order valence-corrected chi connectivity index (χ4v) is 4.47. The summed E-state index contributed by atoms with van der Waals surface area (Å²) in [5, 5.41) is 2.60. The molecule has 0 spiro atoms. The monoisotopic (exact) mass is 522 g/mol. The average molecular weight is 523 g/mol. The van der Waals surface area contributed by atoms with E-state index in [-0.39, 0.29) is 21.9 Å². The highest BCUT2D eigenvalue weighted by Crippen LogP contribution is 2.20. The third-order valence-corrected chi connectivity index (χ3v) is 6.76. The van der Waals surface area contributed by atoms with Gasteiger partial charge < -0.3 is 20.0 Å². The standard InChI is InChI=1S/C25H22N4O7S/c1-14(30)16-3-7-18(8-4-16)26-23(31)15(2)36-24(32)17-5-9-19(10-6-17)29-37(34,35)20-11-12-21-22(13-20)28-25(33)27-21/h3-13,15,29H,1-2H3,(H,26,31)(H2,27,28,33). The van der Waals surface area contributed by atoms with E-state index in [1.807, 2.05) is 0 Å². The molecule has 1 amide bonds. The second-order valence-corrected chi connectivity index (χ2v) is 9.82. The lowest BCUT2D eigenvalue weighted by Gasteiger charge is -2.14. The number of anilines is 2. The largest absolute Gasteiger partial charge is 0.449 e. The summed E-state index contributed by atoms with van der Waals surface area (Å²) in [4.78, 5) is 52.6. The minimum atomic E-state index is -3.97. The van der Waals surface area contributed by atoms with Crippen LogP contribution in [0.5, 0.6) is 0 Å². The molecular weight excluding hydrogens is 500 g/mol. The highest BCUT2D eigenvalue weighted by atomic mass is 32.2. The van der Waals surface area contributed by atoms with Gasteiger partial charge in [0.1, 0.15) is 0 Å². The number of esters is 1. The minimum absolute atomic E-state index is 0.0606. The predicted molar refractivity (Wildman–Crippen MR) is 136 cm³/mol. The molecule has 1 heterocycles. The molecule has 0 radical (unpaired) electrons. The third-order valence-electron chi connectivity index (χ3n) is 5.38. The highest BCUT2D eigenvalue weighted by Gasteiger charge is 2.20. The normalized spacial score (nSPS) is 12.1. The number of ether oxygens (including phenoxy) is 1. The quantitative estimate of drug-likeness (QED) is 0.204. The van der Waals surface area contributed by atoms with Crippen LogP contribution in [0.15, 0.2) is 76.4 Å². The van der Waals surface area contributed by atoms with Crippen molar-refractivity contribution in [2.75, 3.05) is 10.0 Å². The molecule has 1 aromatic heterocycles. The van der Waals surface area contributed by atoms with E-state index in [2.05, 4.69) is 20.0 Å². The van der Waals surface area contributed by atoms with Crippen LogP contribution in [0.25, 0.3) is 11.0 Å². The Morgan fingerprint density at radius 2 is 1.43 bits per heavy atom. The molecule has 4 N–H and O–H groups in total. The maximum absolute atomic E-state index is 12.7. The van der Waals surface area contributed by atoms with Crippen LogP contribution in [-0.2, 0) is 19.6 Å². The Bertz CT molecular complexity index is 1650. The molecule has 4 aromatic rings. The van der Waals surface area contributed by atoms with E-state index in [0.717, 1.165) is 0 Å². The van der Waals surface area contributed by atoms with Crippen molar-refractivity contribution in [1.29, 1.82) is 0 Å². The summed E-state index contributed by atoms with van der Waals surface area (Å²) in [6.07, 6.45) is -1.12. The Hall–Kier alpha value is -4.71. The number of hydrogen-bond donors (Lipinski definition) is 4. The molecule has 0 aliphatic carbocycles. The molecule has 1 unspecified atom stereocenters. The number of H-pyrrole nitrogens is 2. The van der Waals surface area contributed by atoms with Crippen LogP contribution in [0.4, 0.5) is 11.4 Å². The van der Waals surface area contributed by atoms with Gasteiger partial charge in [-0.15, -0.1) is 0 Å². The second-order valence-electron chi connectivity index (χ2n) is 8.14. The number of benzene rings is 3. The smallest absolute Gasteiger partial charge is 0.338 e. The summed E-state index contributed by atoms with van der Waals surface area (Å²) in [6.45, 7) is 2.85. The predicted octanol–water partition coefficient (Wildman–Crippen LogP) is 3.04. The number of ketones is 1. The first kappa shape index (κ1) is 25.4. The van der Waals surface area contributed by atoms with Crippen LogP contribution in [0, 0.1) is 0 Å². The van der Waals surface area contributed by atoms with Crippen LogP contribution in [0.1, 0.15) is 34.6 Å². The number of aromatic amines is 2. The number of fused-ring (bicyclic) bond motifs is 1. The van der Waals surface area contributed by atoms with Gasteiger partial charge in [0.15, 0.2) is 11.9 Å². The molecule has 4 rings (SSSR count). The first-order chi connectivity index (χ1) is 17.5. The molecule has 0 saturated carbocycles. The molecule has 37 heavy (non-hydrogen) atoms. The maximum Gasteiger partial charge on any atom is 0.338 e. The van der Waals surface area contributed by atoms with E-state index < -0.39 is 33.7 Å². The van der Waals surface area contributed by atoms with Crippen molar-refractivity contribution in [1.82, 2.24) is 9.97 Å². The number of Topliss-reactive ketones (excluding diaryl/α,β-unsaturated/α-hetero) is 1. The zero-order valence-corrected chi connectivity index (χ0v) is 20.5. The summed E-state index contributed by atoms with van der Waals surface area (Å²) >= 11 is 0. The first-order valence-corrected chi connectivity index (χ1v) is 12.5. The molecule has 3 aromatic carbocycles. The number of sulfonamides is 1. The topological polar surface area (TPSA) is 167 Å². The molecule has 0 bridgehead atoms. The summed E-state index contributed by atoms with van der Waals surface area (Å²) in [7, 11) is -3.97. The molecule has 1 atom stereocenters. The van der Waals surface area contributed by atoms with Crippen molar-refractivity contribution in [3.8, 4) is 0 Å². The Morgan fingerprint density at radius 1 is 0.838 bits per heavy atom. The summed E-state index contributed by atoms with van der Waals surface area (Å²) in [6, 6.07) is 15.9. The second kappa shape index (κ2) is 10.1. The highest BCUT2D eigenvalue weighted by molar-refractivity contribution is 7.92. The molecule has 0 fully saturated rings. The lowest BCUT2D eigenvalue weighted by Crippen LogP contribution is -2.30. The fourth-order valence-electron chi connectivity index (χ4n) is 3.38. The summed E-state index contributed by atoms with van der Waals surface area (Å²) in [5.41, 5.74) is 1.62. The van der Waals surface area contributed by atoms with E-state index in [9.17, 15) is 27.6 Å². The van der Waals surface area contributed by atoms with Gasteiger partial charge in [0.2, 0.25) is 0 Å². The summed E-state index contributed by atoms with van der Waals surface area (Å²) in [5.74, 6) is -1.44. The van der Waals surface area contributed by atoms with Gasteiger partial charge in [-0.25, -0.2) is 18.0 Å². The van der Waals surface area contributed by atoms with Gasteiger partial charge in [0, 0.05) is 16.9 Å². The lowest BCUT2D eigenvalue weighted by atomic mass is 10.1. The number of nitrogens with one attached hydrogen (secondary N) is 4. The van der Waals surface area contributed by atoms with E-state index in [0.29, 0.717) is 22.3 Å². The van der Waals surface area contributed by atoms with Crippen molar-refractivity contribution in [3.63, 3.8) is 0 Å². The Kier molecular flexibility index (Phi) is 6.94. The minimum Gasteiger partial charge on any atom is -0.449 e. The van der Waals surface area contributed by atoms with Crippen LogP contribution in [0.2, 0.25) is 0 Å². The maximum atomic E-state index is 12.7. The van der Waals surface area contributed by atoms with Gasteiger partial charge in [0.05, 0.1) is 21.5 Å². The summed E-state index contributed by atoms with van der Waals surface area (Å²) < 4.78 is 33.1. The number of rotatable bonds is 8. The fraction of sp³-hybridized carbons (Fsp3) is 0.120. The van der Waals surface area contributed by atoms with Gasteiger partial charge in [-0.3, -0.25) is 14.3 Å². The number of carbonyl (C=O) groups excluding carboxylic acids is 3. The molecule has 12 heteroatoms. The number of carbonyl (C=O) groups is 3. The molecule has 0 saturated heterocycles. The average Bonchev–Trinajstić information content (AvgIpc) is 3.23. The van der Waals surface area contributed by atoms with E-state index in [1.165, 1.54) is 56.3 Å². The molecular formula is C25H22N4O7S. The molecule has 11 nitrogen and oxygen atoms in total. The van der Waals surface area contributed by atoms with E-state index in [1.54, 1.807) is 24.3 Å². The van der Waals surface area contributed by atoms with Gasteiger partial charge in [-0.2, -0.15) is 0 Å². The first-order valence-electron chi connectivity index (χ1n) is 11.0. The van der Waals surface area contributed by atoms with Gasteiger partial charge in [0.25, 0.3) is 15.9 Å². The van der Waals surface area contributed by atoms with Crippen molar-refractivity contribution in [2.24, 2.45) is 0 Å². The van der Waals surface area contributed by atoms with Crippen molar-refractivity contribution in [2.45, 2.75) is 24.8 Å². The van der Waals surface area contributed by atoms with Gasteiger partial charge in [-0.05, 0) is 80.6 Å². The van der Waals surface area contributed by atoms with Crippen molar-refractivity contribution >= 4 is 50.1 Å². The number of hydrogen-bond acceptors (Lipinski definition) is 7. The van der Waals surface area contributed by atoms with Crippen LogP contribution in [-0.4, -0.2) is 42.1 Å². The zero-order valence-electron chi connectivity index (χ0n) is 19.7. The number of aromatic nitrogens is 2. The zero-order chi connectivity index (χ0) is 26.7. The van der Waals surface area contributed by atoms with Gasteiger partial charge in [-0.1, -0.05) is 0 Å². The lowest BCUT2D eigenvalue weighted by molar-refractivity contribution is -0.123. The molecule has 0 aliphatic heterocycles.